The van der Waals surface area contributed by atoms with Crippen molar-refractivity contribution in [1.29, 1.82) is 0 Å². The number of hydrogen-bond donors (Lipinski definition) is 4. The molecule has 0 bridgehead atoms. The van der Waals surface area contributed by atoms with Crippen LogP contribution < -0.4 is 21.3 Å². The second-order valence-electron chi connectivity index (χ2n) is 20.7. The van der Waals surface area contributed by atoms with Gasteiger partial charge >= 0.3 is 12.2 Å². The minimum absolute atomic E-state index is 0.0510. The van der Waals surface area contributed by atoms with Crippen LogP contribution in [0.25, 0.3) is 0 Å². The fourth-order valence-corrected chi connectivity index (χ4v) is 9.23. The first-order valence-electron chi connectivity index (χ1n) is 22.8. The number of aromatic nitrogens is 4. The maximum Gasteiger partial charge on any atom is 0.410 e. The molecule has 2 fully saturated rings. The minimum Gasteiger partial charge on any atom is -0.444 e. The number of amides is 2. The van der Waals surface area contributed by atoms with Gasteiger partial charge in [0.1, 0.15) is 17.0 Å². The average Bonchev–Trinajstić information content (AvgIpc) is 3.73. The van der Waals surface area contributed by atoms with Crippen LogP contribution in [-0.4, -0.2) is 94.1 Å². The van der Waals surface area contributed by atoms with Crippen molar-refractivity contribution in [3.8, 4) is 0 Å². The molecule has 2 amide bonds. The van der Waals surface area contributed by atoms with Gasteiger partial charge in [-0.05, 0) is 168 Å². The smallest absolute Gasteiger partial charge is 0.410 e. The number of nitrogens with two attached hydrogens (primary N) is 3. The average molecular weight is 999 g/mol. The third-order valence-corrected chi connectivity index (χ3v) is 12.9. The Morgan fingerprint density at radius 3 is 1.57 bits per heavy atom. The third kappa shape index (κ3) is 18.2. The van der Waals surface area contributed by atoms with Crippen LogP contribution in [-0.2, 0) is 29.5 Å². The maximum atomic E-state index is 12.7. The van der Waals surface area contributed by atoms with Crippen LogP contribution in [0.2, 0.25) is 0 Å². The number of pyridine rings is 4. The number of halogens is 1. The summed E-state index contributed by atoms with van der Waals surface area (Å²) in [5.74, 6) is 0.280. The Labute approximate surface area is 407 Å². The van der Waals surface area contributed by atoms with E-state index in [1.165, 1.54) is 12.1 Å². The Balaban J connectivity index is 0.000000255. The first-order chi connectivity index (χ1) is 31.8. The Hall–Kier alpha value is -5.35. The maximum absolute atomic E-state index is 12.7. The van der Waals surface area contributed by atoms with Crippen molar-refractivity contribution in [2.75, 3.05) is 18.4 Å². The predicted octanol–water partition coefficient (Wildman–Crippen LogP) is 7.86. The van der Waals surface area contributed by atoms with E-state index in [0.717, 1.165) is 68.6 Å². The van der Waals surface area contributed by atoms with Gasteiger partial charge < -0.3 is 30.3 Å². The zero-order valence-electron chi connectivity index (χ0n) is 41.4. The number of carbonyl (C=O) groups is 2. The number of primary sulfonamides is 2. The molecule has 18 nitrogen and oxygen atoms in total. The molecular weight excluding hydrogens is 928 g/mol. The van der Waals surface area contributed by atoms with Crippen molar-refractivity contribution in [2.24, 2.45) is 27.8 Å². The largest absolute Gasteiger partial charge is 0.444 e. The van der Waals surface area contributed by atoms with Gasteiger partial charge in [0.15, 0.2) is 10.1 Å². The summed E-state index contributed by atoms with van der Waals surface area (Å²) in [5.41, 5.74) is 6.52. The van der Waals surface area contributed by atoms with E-state index < -0.39 is 42.2 Å². The molecule has 380 valence electrons. The van der Waals surface area contributed by atoms with Crippen molar-refractivity contribution in [2.45, 2.75) is 152 Å². The molecule has 2 aliphatic rings. The summed E-state index contributed by atoms with van der Waals surface area (Å²) in [5, 5.41) is 12.6. The van der Waals surface area contributed by atoms with E-state index in [1.807, 2.05) is 87.7 Å². The van der Waals surface area contributed by atoms with Crippen LogP contribution in [0.5, 0.6) is 0 Å². The van der Waals surface area contributed by atoms with Gasteiger partial charge in [-0.2, -0.15) is 4.39 Å². The summed E-state index contributed by atoms with van der Waals surface area (Å²) in [6, 6.07) is 19.3. The van der Waals surface area contributed by atoms with Crippen LogP contribution in [0.4, 0.5) is 19.8 Å². The molecule has 4 aromatic rings. The van der Waals surface area contributed by atoms with Crippen molar-refractivity contribution in [1.82, 2.24) is 29.7 Å². The molecule has 0 saturated carbocycles. The van der Waals surface area contributed by atoms with E-state index >= 15 is 0 Å². The van der Waals surface area contributed by atoms with Gasteiger partial charge in [-0.25, -0.2) is 46.7 Å². The summed E-state index contributed by atoms with van der Waals surface area (Å²) in [6.45, 7) is 21.0. The molecule has 6 heterocycles. The standard InChI is InChI=1S/C24H35N5O4S.C19H31N3O2.C5H5FN2O2S/c1-23(2,3)33-22(30)29-16-17(15-24(29,4)5)12-13-19(18-9-6-7-14-26-18)27-20-10-8-11-21(28-20)34(25,31)32;1-18(2,3)24-17(23)22-13-14(12-19(22,4)5)9-10-15(20)16-8-6-7-11-21-16;6-4-2-1-3-5(8-4)11(7,9)10/h6-11,14,17,19H,12-13,15-16H2,1-5H3,(H,27,28)(H2,25,31,32);6-8,11,14-15H,9-10,12-13,20H2,1-5H3;1-3H,(H2,7,9,10)/t17-,19?;14-,15?;/m00./s1. The van der Waals surface area contributed by atoms with Gasteiger partial charge in [-0.3, -0.25) is 9.97 Å². The van der Waals surface area contributed by atoms with Gasteiger partial charge in [-0.1, -0.05) is 24.3 Å². The van der Waals surface area contributed by atoms with Crippen LogP contribution >= 0.6 is 0 Å². The molecule has 2 saturated heterocycles. The highest BCUT2D eigenvalue weighted by molar-refractivity contribution is 7.89. The van der Waals surface area contributed by atoms with Gasteiger partial charge in [0.25, 0.3) is 20.0 Å². The van der Waals surface area contributed by atoms with Gasteiger partial charge in [-0.15, -0.1) is 0 Å². The molecule has 0 aromatic carbocycles. The third-order valence-electron chi connectivity index (χ3n) is 11.3. The fraction of sp³-hybridized carbons (Fsp3) is 0.542. The minimum atomic E-state index is -3.91. The number of nitrogens with zero attached hydrogens (tertiary/aromatic N) is 6. The molecule has 4 aromatic heterocycles. The SMILES string of the molecule is CC(C)(C)OC(=O)N1C[C@@H](CCC(N)c2ccccn2)CC1(C)C.CC(C)(C)OC(=O)N1C[C@@H](CCC(Nc2cccc(S(N)(=O)=O)n2)c2ccccn2)CC1(C)C.NS(=O)(=O)c1cccc(F)n1. The lowest BCUT2D eigenvalue weighted by atomic mass is 9.91. The molecule has 21 heteroatoms. The van der Waals surface area contributed by atoms with E-state index in [1.54, 1.807) is 24.5 Å². The highest BCUT2D eigenvalue weighted by Crippen LogP contribution is 2.39. The van der Waals surface area contributed by atoms with Crippen molar-refractivity contribution in [3.05, 3.63) is 103 Å². The first kappa shape index (κ1) is 56.2. The van der Waals surface area contributed by atoms with E-state index in [2.05, 4.69) is 58.1 Å². The summed E-state index contributed by atoms with van der Waals surface area (Å²) in [4.78, 5) is 44.9. The molecule has 69 heavy (non-hydrogen) atoms. The number of hydrogen-bond acceptors (Lipinski definition) is 14. The number of anilines is 1. The van der Waals surface area contributed by atoms with Crippen LogP contribution in [0, 0.1) is 17.8 Å². The number of ether oxygens (including phenoxy) is 2. The Morgan fingerprint density at radius 2 is 1.14 bits per heavy atom. The normalized spacial score (nSPS) is 18.7. The van der Waals surface area contributed by atoms with E-state index in [0.29, 0.717) is 24.2 Å². The topological polar surface area (TPSA) is 269 Å². The zero-order chi connectivity index (χ0) is 51.6. The molecule has 6 rings (SSSR count). The van der Waals surface area contributed by atoms with Gasteiger partial charge in [0.2, 0.25) is 5.95 Å². The molecule has 2 unspecified atom stereocenters. The number of carbonyl (C=O) groups excluding carboxylic acids is 2. The Bertz CT molecular complexity index is 2540. The number of sulfonamides is 2. The molecule has 0 radical (unpaired) electrons. The van der Waals surface area contributed by atoms with Crippen molar-refractivity contribution in [3.63, 3.8) is 0 Å². The van der Waals surface area contributed by atoms with E-state index in [4.69, 9.17) is 20.3 Å². The molecule has 2 aliphatic heterocycles. The lowest BCUT2D eigenvalue weighted by molar-refractivity contribution is 0.0118. The Kier molecular flexibility index (Phi) is 18.8. The molecule has 4 atom stereocenters. The zero-order valence-corrected chi connectivity index (χ0v) is 43.1. The summed E-state index contributed by atoms with van der Waals surface area (Å²) in [7, 11) is -7.78. The summed E-state index contributed by atoms with van der Waals surface area (Å²) >= 11 is 0. The Morgan fingerprint density at radius 1 is 0.696 bits per heavy atom. The van der Waals surface area contributed by atoms with Crippen molar-refractivity contribution < 1.29 is 40.3 Å². The number of likely N-dealkylation sites (tertiary alicyclic amines) is 2. The molecule has 0 aliphatic carbocycles. The predicted molar refractivity (Wildman–Crippen MR) is 262 cm³/mol. The second kappa shape index (κ2) is 23.0. The first-order valence-corrected chi connectivity index (χ1v) is 25.9. The van der Waals surface area contributed by atoms with E-state index in [9.17, 15) is 30.8 Å². The lowest BCUT2D eigenvalue weighted by Gasteiger charge is -2.33. The lowest BCUT2D eigenvalue weighted by Crippen LogP contribution is -2.45. The monoisotopic (exact) mass is 998 g/mol. The van der Waals surface area contributed by atoms with Crippen LogP contribution in [0.3, 0.4) is 0 Å². The van der Waals surface area contributed by atoms with Crippen molar-refractivity contribution >= 4 is 38.1 Å². The van der Waals surface area contributed by atoms with Gasteiger partial charge in [0, 0.05) is 42.6 Å². The number of nitrogens with one attached hydrogen (secondary N) is 1. The highest BCUT2D eigenvalue weighted by Gasteiger charge is 2.44. The van der Waals surface area contributed by atoms with Gasteiger partial charge in [0.05, 0.1) is 17.4 Å². The summed E-state index contributed by atoms with van der Waals surface area (Å²) in [6.07, 6.45) is 8.25. The van der Waals surface area contributed by atoms with Crippen LogP contribution in [0.15, 0.2) is 95.2 Å². The molecule has 0 spiro atoms. The quantitative estimate of drug-likeness (QED) is 0.0985. The van der Waals surface area contributed by atoms with E-state index in [-0.39, 0.29) is 40.4 Å². The molecule has 7 N–H and O–H groups in total. The second-order valence-corrected chi connectivity index (χ2v) is 23.7. The highest BCUT2D eigenvalue weighted by atomic mass is 32.2. The molecular formula is C48H71FN10O8S2. The summed E-state index contributed by atoms with van der Waals surface area (Å²) < 4.78 is 67.9. The fourth-order valence-electron chi connectivity index (χ4n) is 8.25. The number of rotatable bonds is 12. The van der Waals surface area contributed by atoms with Crippen LogP contribution in [0.1, 0.15) is 131 Å².